The summed E-state index contributed by atoms with van der Waals surface area (Å²) >= 11 is 5.27. The first-order valence-corrected chi connectivity index (χ1v) is 7.60. The summed E-state index contributed by atoms with van der Waals surface area (Å²) in [5.74, 6) is 0. The Balaban J connectivity index is 2.02. The van der Waals surface area contributed by atoms with E-state index in [-0.39, 0.29) is 0 Å². The Hall–Kier alpha value is -2.71. The molecule has 0 bridgehead atoms. The number of nitriles is 1. The first-order chi connectivity index (χ1) is 11.0. The molecule has 0 radical (unpaired) electrons. The van der Waals surface area contributed by atoms with Crippen molar-refractivity contribution < 1.29 is 0 Å². The van der Waals surface area contributed by atoms with Gasteiger partial charge in [-0.3, -0.25) is 5.43 Å². The number of nitrogens with zero attached hydrogens (tertiary/aromatic N) is 2. The Kier molecular flexibility index (Phi) is 5.45. The van der Waals surface area contributed by atoms with E-state index in [4.69, 9.17) is 17.5 Å². The Morgan fingerprint density at radius 2 is 1.83 bits per heavy atom. The zero-order valence-electron chi connectivity index (χ0n) is 13.3. The maximum Gasteiger partial charge on any atom is 0.191 e. The summed E-state index contributed by atoms with van der Waals surface area (Å²) in [5, 5.41) is 16.7. The number of hydrazone groups is 1. The van der Waals surface area contributed by atoms with Crippen molar-refractivity contribution in [3.05, 3.63) is 64.7 Å². The summed E-state index contributed by atoms with van der Waals surface area (Å²) in [6.45, 7) is 5.99. The van der Waals surface area contributed by atoms with Crippen molar-refractivity contribution in [3.63, 3.8) is 0 Å². The van der Waals surface area contributed by atoms with Gasteiger partial charge in [0.25, 0.3) is 0 Å². The highest BCUT2D eigenvalue weighted by Crippen LogP contribution is 2.17. The minimum Gasteiger partial charge on any atom is -0.331 e. The summed E-state index contributed by atoms with van der Waals surface area (Å²) in [7, 11) is 0. The first kappa shape index (κ1) is 16.7. The lowest BCUT2D eigenvalue weighted by atomic mass is 10.1. The summed E-state index contributed by atoms with van der Waals surface area (Å²) in [6.07, 6.45) is 0. The van der Waals surface area contributed by atoms with E-state index in [0.29, 0.717) is 10.7 Å². The van der Waals surface area contributed by atoms with Crippen LogP contribution < -0.4 is 10.7 Å². The molecule has 4 nitrogen and oxygen atoms in total. The molecule has 0 fully saturated rings. The number of anilines is 1. The predicted octanol–water partition coefficient (Wildman–Crippen LogP) is 3.89. The highest BCUT2D eigenvalue weighted by molar-refractivity contribution is 7.80. The van der Waals surface area contributed by atoms with E-state index in [1.54, 1.807) is 12.1 Å². The van der Waals surface area contributed by atoms with Crippen LogP contribution >= 0.6 is 12.2 Å². The van der Waals surface area contributed by atoms with Crippen molar-refractivity contribution in [2.75, 3.05) is 5.32 Å². The molecule has 0 unspecified atom stereocenters. The number of rotatable bonds is 3. The molecule has 0 aromatic heterocycles. The third kappa shape index (κ3) is 4.38. The van der Waals surface area contributed by atoms with Crippen molar-refractivity contribution in [1.29, 1.82) is 5.26 Å². The number of hydrogen-bond acceptors (Lipinski definition) is 3. The maximum absolute atomic E-state index is 8.81. The minimum absolute atomic E-state index is 0.437. The Labute approximate surface area is 141 Å². The molecule has 23 heavy (non-hydrogen) atoms. The SMILES string of the molecule is C/C(=N\NC(=S)Nc1cccc(C)c1C)c1ccc(C#N)cc1. The molecule has 0 saturated carbocycles. The molecule has 0 saturated heterocycles. The van der Waals surface area contributed by atoms with Crippen LogP contribution in [0.15, 0.2) is 47.6 Å². The fourth-order valence-corrected chi connectivity index (χ4v) is 2.18. The summed E-state index contributed by atoms with van der Waals surface area (Å²) < 4.78 is 0. The standard InChI is InChI=1S/C18H18N4S/c1-12-5-4-6-17(13(12)2)20-18(23)22-21-14(3)16-9-7-15(11-19)8-10-16/h4-10H,1-3H3,(H2,20,22,23)/b21-14+. The van der Waals surface area contributed by atoms with Gasteiger partial charge in [-0.25, -0.2) is 0 Å². The van der Waals surface area contributed by atoms with Crippen LogP contribution in [0.1, 0.15) is 29.2 Å². The van der Waals surface area contributed by atoms with E-state index < -0.39 is 0 Å². The minimum atomic E-state index is 0.437. The van der Waals surface area contributed by atoms with Crippen molar-refractivity contribution in [2.24, 2.45) is 5.10 Å². The lowest BCUT2D eigenvalue weighted by Gasteiger charge is -2.12. The van der Waals surface area contributed by atoms with Gasteiger partial charge in [-0.05, 0) is 67.9 Å². The highest BCUT2D eigenvalue weighted by Gasteiger charge is 2.03. The first-order valence-electron chi connectivity index (χ1n) is 7.19. The van der Waals surface area contributed by atoms with E-state index in [9.17, 15) is 0 Å². The third-order valence-corrected chi connectivity index (χ3v) is 3.80. The quantitative estimate of drug-likeness (QED) is 0.511. The summed E-state index contributed by atoms with van der Waals surface area (Å²) in [4.78, 5) is 0. The largest absolute Gasteiger partial charge is 0.331 e. The topological polar surface area (TPSA) is 60.2 Å². The third-order valence-electron chi connectivity index (χ3n) is 3.61. The molecular weight excluding hydrogens is 304 g/mol. The molecule has 116 valence electrons. The zero-order valence-corrected chi connectivity index (χ0v) is 14.2. The monoisotopic (exact) mass is 322 g/mol. The molecule has 0 heterocycles. The van der Waals surface area contributed by atoms with Crippen LogP contribution in [-0.4, -0.2) is 10.8 Å². The molecular formula is C18H18N4S. The molecule has 0 amide bonds. The zero-order chi connectivity index (χ0) is 16.8. The Bertz CT molecular complexity index is 786. The second-order valence-corrected chi connectivity index (χ2v) is 5.61. The molecule has 2 aromatic carbocycles. The smallest absolute Gasteiger partial charge is 0.191 e. The predicted molar refractivity (Wildman–Crippen MR) is 98.6 cm³/mol. The summed E-state index contributed by atoms with van der Waals surface area (Å²) in [6, 6.07) is 15.4. The Morgan fingerprint density at radius 3 is 2.48 bits per heavy atom. The van der Waals surface area contributed by atoms with Gasteiger partial charge >= 0.3 is 0 Å². The van der Waals surface area contributed by atoms with Crippen molar-refractivity contribution in [2.45, 2.75) is 20.8 Å². The normalized spacial score (nSPS) is 10.8. The van der Waals surface area contributed by atoms with Crippen LogP contribution in [0.5, 0.6) is 0 Å². The molecule has 2 aromatic rings. The fraction of sp³-hybridized carbons (Fsp3) is 0.167. The van der Waals surface area contributed by atoms with Gasteiger partial charge in [0.05, 0.1) is 17.3 Å². The second kappa shape index (κ2) is 7.52. The van der Waals surface area contributed by atoms with Gasteiger partial charge in [0.15, 0.2) is 5.11 Å². The number of benzene rings is 2. The number of thiocarbonyl (C=S) groups is 1. The molecule has 2 N–H and O–H groups in total. The van der Waals surface area contributed by atoms with Gasteiger partial charge in [0.1, 0.15) is 0 Å². The van der Waals surface area contributed by atoms with Gasteiger partial charge in [0.2, 0.25) is 0 Å². The average Bonchev–Trinajstić information content (AvgIpc) is 2.57. The van der Waals surface area contributed by atoms with Crippen molar-refractivity contribution in [3.8, 4) is 6.07 Å². The van der Waals surface area contributed by atoms with Gasteiger partial charge in [-0.15, -0.1) is 0 Å². The molecule has 0 aliphatic carbocycles. The lowest BCUT2D eigenvalue weighted by Crippen LogP contribution is -2.25. The van der Waals surface area contributed by atoms with Crippen LogP contribution in [0.25, 0.3) is 0 Å². The van der Waals surface area contributed by atoms with Gasteiger partial charge in [0, 0.05) is 5.69 Å². The van der Waals surface area contributed by atoms with Crippen LogP contribution in [0.2, 0.25) is 0 Å². The molecule has 5 heteroatoms. The van der Waals surface area contributed by atoms with E-state index in [1.807, 2.05) is 38.1 Å². The molecule has 0 aliphatic heterocycles. The summed E-state index contributed by atoms with van der Waals surface area (Å²) in [5.41, 5.74) is 8.53. The van der Waals surface area contributed by atoms with Crippen LogP contribution in [0.4, 0.5) is 5.69 Å². The molecule has 0 aliphatic rings. The van der Waals surface area contributed by atoms with Crippen LogP contribution in [0, 0.1) is 25.2 Å². The van der Waals surface area contributed by atoms with Crippen molar-refractivity contribution >= 4 is 28.7 Å². The van der Waals surface area contributed by atoms with E-state index >= 15 is 0 Å². The van der Waals surface area contributed by atoms with Gasteiger partial charge in [-0.1, -0.05) is 24.3 Å². The number of nitrogens with one attached hydrogen (secondary N) is 2. The van der Waals surface area contributed by atoms with Crippen LogP contribution in [0.3, 0.4) is 0 Å². The highest BCUT2D eigenvalue weighted by atomic mass is 32.1. The van der Waals surface area contributed by atoms with E-state index in [1.165, 1.54) is 5.56 Å². The maximum atomic E-state index is 8.81. The Morgan fingerprint density at radius 1 is 1.13 bits per heavy atom. The molecule has 2 rings (SSSR count). The molecule has 0 atom stereocenters. The fourth-order valence-electron chi connectivity index (χ4n) is 2.02. The number of hydrogen-bond donors (Lipinski definition) is 2. The van der Waals surface area contributed by atoms with E-state index in [0.717, 1.165) is 22.5 Å². The van der Waals surface area contributed by atoms with Crippen molar-refractivity contribution in [1.82, 2.24) is 5.43 Å². The molecule has 0 spiro atoms. The van der Waals surface area contributed by atoms with E-state index in [2.05, 4.69) is 34.9 Å². The number of aryl methyl sites for hydroxylation is 1. The average molecular weight is 322 g/mol. The second-order valence-electron chi connectivity index (χ2n) is 5.20. The van der Waals surface area contributed by atoms with Crippen LogP contribution in [-0.2, 0) is 0 Å². The van der Waals surface area contributed by atoms with Gasteiger partial charge in [-0.2, -0.15) is 10.4 Å². The lowest BCUT2D eigenvalue weighted by molar-refractivity contribution is 1.04. The van der Waals surface area contributed by atoms with Gasteiger partial charge < -0.3 is 5.32 Å².